The molecule has 0 spiro atoms. The molecule has 1 heterocycles. The summed E-state index contributed by atoms with van der Waals surface area (Å²) >= 11 is 5.77. The fraction of sp³-hybridized carbons (Fsp3) is 0.650. The van der Waals surface area contributed by atoms with Gasteiger partial charge in [-0.25, -0.2) is 9.97 Å². The third-order valence-electron chi connectivity index (χ3n) is 4.57. The Morgan fingerprint density at radius 2 is 1.27 bits per heavy atom. The van der Waals surface area contributed by atoms with E-state index < -0.39 is 5.91 Å². The van der Waals surface area contributed by atoms with E-state index in [1.54, 1.807) is 0 Å². The Hall–Kier alpha value is -2.04. The number of halogens is 3. The lowest BCUT2D eigenvalue weighted by atomic mass is 10.1. The zero-order chi connectivity index (χ0) is 23.1. The third kappa shape index (κ3) is 15.4. The highest BCUT2D eigenvalue weighted by atomic mass is 35.5. The summed E-state index contributed by atoms with van der Waals surface area (Å²) < 4.78 is 0. The van der Waals surface area contributed by atoms with E-state index in [1.807, 2.05) is 6.92 Å². The summed E-state index contributed by atoms with van der Waals surface area (Å²) in [6, 6.07) is 0. The van der Waals surface area contributed by atoms with E-state index in [-0.39, 0.29) is 53.3 Å². The average molecular weight is 527 g/mol. The molecular formula is C20H38Cl3N9O. The molecule has 0 saturated heterocycles. The lowest BCUT2D eigenvalue weighted by Gasteiger charge is -2.07. The van der Waals surface area contributed by atoms with Crippen molar-refractivity contribution in [1.29, 1.82) is 0 Å². The fourth-order valence-corrected chi connectivity index (χ4v) is 3.04. The number of nitrogens with zero attached hydrogens (tertiary/aromatic N) is 4. The molecule has 1 amide bonds. The molecule has 0 aliphatic heterocycles. The molecule has 1 aromatic rings. The van der Waals surface area contributed by atoms with Crippen LogP contribution in [0.4, 0.5) is 11.6 Å². The fourth-order valence-electron chi connectivity index (χ4n) is 2.92. The minimum absolute atomic E-state index is 0. The van der Waals surface area contributed by atoms with Crippen LogP contribution in [0.5, 0.6) is 0 Å². The molecule has 33 heavy (non-hydrogen) atoms. The van der Waals surface area contributed by atoms with E-state index in [2.05, 4.69) is 25.3 Å². The molecule has 190 valence electrons. The number of aliphatic imine (C=N–C) groups is 2. The molecular weight excluding hydrogens is 489 g/mol. The highest BCUT2D eigenvalue weighted by molar-refractivity contribution is 6.31. The van der Waals surface area contributed by atoms with Crippen LogP contribution in [-0.2, 0) is 0 Å². The number of amidine groups is 1. The zero-order valence-electron chi connectivity index (χ0n) is 19.2. The van der Waals surface area contributed by atoms with Crippen LogP contribution in [0, 0.1) is 0 Å². The first-order valence-electron chi connectivity index (χ1n) is 10.8. The number of hydrogen-bond donors (Lipinski definition) is 5. The lowest BCUT2D eigenvalue weighted by molar-refractivity contribution is 0.0972. The topological polar surface area (TPSA) is 184 Å². The number of nitrogen functional groups attached to an aromatic ring is 2. The number of nitrogens with two attached hydrogens (primary N) is 4. The largest absolute Gasteiger partial charge is 0.388 e. The quantitative estimate of drug-likeness (QED) is 0.139. The van der Waals surface area contributed by atoms with Gasteiger partial charge in [-0.3, -0.25) is 20.1 Å². The average Bonchev–Trinajstić information content (AvgIpc) is 2.70. The maximum absolute atomic E-state index is 12.1. The Kier molecular flexibility index (Phi) is 19.5. The third-order valence-corrected chi connectivity index (χ3v) is 4.85. The highest BCUT2D eigenvalue weighted by Crippen LogP contribution is 2.17. The van der Waals surface area contributed by atoms with E-state index >= 15 is 0 Å². The molecule has 9 N–H and O–H groups in total. The van der Waals surface area contributed by atoms with Crippen molar-refractivity contribution in [2.45, 2.75) is 71.1 Å². The van der Waals surface area contributed by atoms with Gasteiger partial charge in [-0.2, -0.15) is 0 Å². The number of guanidine groups is 1. The van der Waals surface area contributed by atoms with Crippen LogP contribution in [0.3, 0.4) is 0 Å². The van der Waals surface area contributed by atoms with Gasteiger partial charge < -0.3 is 22.9 Å². The number of amides is 1. The maximum Gasteiger partial charge on any atom is 0.280 e. The first kappa shape index (κ1) is 33.1. The van der Waals surface area contributed by atoms with Crippen LogP contribution in [0.2, 0.25) is 5.15 Å². The second-order valence-corrected chi connectivity index (χ2v) is 7.77. The smallest absolute Gasteiger partial charge is 0.280 e. The maximum atomic E-state index is 12.1. The van der Waals surface area contributed by atoms with Crippen LogP contribution in [0.25, 0.3) is 0 Å². The molecule has 10 nitrogen and oxygen atoms in total. The molecule has 0 aliphatic carbocycles. The van der Waals surface area contributed by atoms with Gasteiger partial charge in [-0.05, 0) is 19.8 Å². The van der Waals surface area contributed by atoms with Crippen LogP contribution >= 0.6 is 36.4 Å². The van der Waals surface area contributed by atoms with Gasteiger partial charge in [0.05, 0.1) is 5.84 Å². The van der Waals surface area contributed by atoms with Crippen LogP contribution in [0.1, 0.15) is 81.6 Å². The number of rotatable bonds is 14. The Bertz CT molecular complexity index is 757. The molecule has 0 radical (unpaired) electrons. The van der Waals surface area contributed by atoms with E-state index in [0.717, 1.165) is 25.8 Å². The van der Waals surface area contributed by atoms with Gasteiger partial charge in [-0.1, -0.05) is 63.0 Å². The molecule has 1 rings (SSSR count). The number of nitrogens with one attached hydrogen (secondary N) is 1. The van der Waals surface area contributed by atoms with E-state index in [4.69, 9.17) is 34.5 Å². The standard InChI is InChI=1S/C20H36ClN9O.2ClH/c1-14(22)26-12-10-8-6-4-2-3-5-7-9-11-13-27-20(25)30-19(31)15-17(23)29-18(24)16(21)28-15;;/h2-13H2,1H3,(H2,22,26)(H4,23,24,29)(H3,25,27,30,31);2*1H. The summed E-state index contributed by atoms with van der Waals surface area (Å²) in [5.74, 6) is -0.118. The van der Waals surface area contributed by atoms with Crippen LogP contribution in [-0.4, -0.2) is 40.8 Å². The lowest BCUT2D eigenvalue weighted by Crippen LogP contribution is -2.38. The van der Waals surface area contributed by atoms with Crippen molar-refractivity contribution < 1.29 is 4.79 Å². The van der Waals surface area contributed by atoms with Crippen LogP contribution < -0.4 is 28.3 Å². The Labute approximate surface area is 213 Å². The Morgan fingerprint density at radius 3 is 1.76 bits per heavy atom. The predicted molar refractivity (Wildman–Crippen MR) is 143 cm³/mol. The second-order valence-electron chi connectivity index (χ2n) is 7.41. The molecule has 0 aliphatic rings. The molecule has 0 fully saturated rings. The highest BCUT2D eigenvalue weighted by Gasteiger charge is 2.16. The van der Waals surface area contributed by atoms with E-state index in [9.17, 15) is 4.79 Å². The SMILES string of the molecule is CC(N)=NCCCCCCCCCCCCN=C(N)NC(=O)c1nc(Cl)c(N)nc1N.Cl.Cl. The van der Waals surface area contributed by atoms with Gasteiger partial charge in [0.25, 0.3) is 5.91 Å². The minimum atomic E-state index is -0.629. The molecule has 0 saturated carbocycles. The van der Waals surface area contributed by atoms with Gasteiger partial charge in [0.15, 0.2) is 28.4 Å². The number of aromatic nitrogens is 2. The number of anilines is 2. The zero-order valence-corrected chi connectivity index (χ0v) is 21.6. The Balaban J connectivity index is 0. The monoisotopic (exact) mass is 525 g/mol. The summed E-state index contributed by atoms with van der Waals surface area (Å²) in [7, 11) is 0. The van der Waals surface area contributed by atoms with Gasteiger partial charge in [0.1, 0.15) is 0 Å². The summed E-state index contributed by atoms with van der Waals surface area (Å²) in [6.45, 7) is 3.21. The van der Waals surface area contributed by atoms with Crippen molar-refractivity contribution in [3.63, 3.8) is 0 Å². The molecule has 1 aromatic heterocycles. The first-order chi connectivity index (χ1) is 14.8. The normalized spacial score (nSPS) is 11.5. The summed E-state index contributed by atoms with van der Waals surface area (Å²) in [5.41, 5.74) is 22.2. The number of unbranched alkanes of at least 4 members (excludes halogenated alkanes) is 9. The molecule has 0 bridgehead atoms. The molecule has 0 aromatic carbocycles. The van der Waals surface area contributed by atoms with E-state index in [0.29, 0.717) is 12.4 Å². The summed E-state index contributed by atoms with van der Waals surface area (Å²) in [6.07, 6.45) is 11.8. The van der Waals surface area contributed by atoms with Gasteiger partial charge >= 0.3 is 0 Å². The molecule has 0 atom stereocenters. The summed E-state index contributed by atoms with van der Waals surface area (Å²) in [5, 5.41) is 2.33. The van der Waals surface area contributed by atoms with Crippen LogP contribution in [0.15, 0.2) is 9.98 Å². The van der Waals surface area contributed by atoms with Crippen molar-refractivity contribution in [2.24, 2.45) is 21.5 Å². The minimum Gasteiger partial charge on any atom is -0.388 e. The van der Waals surface area contributed by atoms with Crippen molar-refractivity contribution in [1.82, 2.24) is 15.3 Å². The van der Waals surface area contributed by atoms with Crippen molar-refractivity contribution in [2.75, 3.05) is 24.6 Å². The van der Waals surface area contributed by atoms with Crippen molar-refractivity contribution >= 4 is 65.8 Å². The van der Waals surface area contributed by atoms with Crippen molar-refractivity contribution in [3.8, 4) is 0 Å². The number of carbonyl (C=O) groups excluding carboxylic acids is 1. The van der Waals surface area contributed by atoms with E-state index in [1.165, 1.54) is 44.9 Å². The summed E-state index contributed by atoms with van der Waals surface area (Å²) in [4.78, 5) is 28.1. The first-order valence-corrected chi connectivity index (χ1v) is 11.1. The van der Waals surface area contributed by atoms with Crippen molar-refractivity contribution in [3.05, 3.63) is 10.8 Å². The number of carbonyl (C=O) groups is 1. The van der Waals surface area contributed by atoms with Gasteiger partial charge in [-0.15, -0.1) is 24.8 Å². The second kappa shape index (κ2) is 19.4. The van der Waals surface area contributed by atoms with Gasteiger partial charge in [0, 0.05) is 13.1 Å². The van der Waals surface area contributed by atoms with Gasteiger partial charge in [0.2, 0.25) is 0 Å². The molecule has 13 heteroatoms. The number of hydrogen-bond acceptors (Lipinski definition) is 7. The predicted octanol–water partition coefficient (Wildman–Crippen LogP) is 3.46. The molecule has 0 unspecified atom stereocenters. The Morgan fingerprint density at radius 1 is 0.818 bits per heavy atom.